The van der Waals surface area contributed by atoms with Gasteiger partial charge in [0, 0.05) is 31.6 Å². The van der Waals surface area contributed by atoms with E-state index in [0.29, 0.717) is 5.69 Å². The van der Waals surface area contributed by atoms with Crippen molar-refractivity contribution in [1.29, 1.82) is 0 Å². The first kappa shape index (κ1) is 16.9. The van der Waals surface area contributed by atoms with Crippen LogP contribution in [0, 0.1) is 0 Å². The summed E-state index contributed by atoms with van der Waals surface area (Å²) >= 11 is 0. The third-order valence-corrected chi connectivity index (χ3v) is 4.61. The highest BCUT2D eigenvalue weighted by Crippen LogP contribution is 2.18. The van der Waals surface area contributed by atoms with Crippen LogP contribution in [0.2, 0.25) is 0 Å². The average molecular weight is 314 g/mol. The van der Waals surface area contributed by atoms with Gasteiger partial charge in [-0.3, -0.25) is 9.59 Å². The highest BCUT2D eigenvalue weighted by molar-refractivity contribution is 7.89. The lowest BCUT2D eigenvalue weighted by Crippen LogP contribution is -2.36. The van der Waals surface area contributed by atoms with Crippen LogP contribution in [0.3, 0.4) is 0 Å². The fraction of sp³-hybridized carbons (Fsp3) is 0.333. The lowest BCUT2D eigenvalue weighted by atomic mass is 10.3. The van der Waals surface area contributed by atoms with Gasteiger partial charge >= 0.3 is 0 Å². The van der Waals surface area contributed by atoms with Crippen LogP contribution in [-0.2, 0) is 19.6 Å². The van der Waals surface area contributed by atoms with Crippen LogP contribution < -0.4 is 17.2 Å². The van der Waals surface area contributed by atoms with Crippen molar-refractivity contribution in [1.82, 2.24) is 4.31 Å². The SMILES string of the molecule is NC(=O)CCN(CCC(N)=O)S(=O)(=O)c1cccc(N)c1. The first-order valence-corrected chi connectivity index (χ1v) is 7.60. The minimum atomic E-state index is -3.88. The molecule has 1 rings (SSSR count). The molecule has 0 atom stereocenters. The fourth-order valence-electron chi connectivity index (χ4n) is 1.65. The predicted molar refractivity (Wildman–Crippen MR) is 77.2 cm³/mol. The number of amides is 2. The molecule has 21 heavy (non-hydrogen) atoms. The number of sulfonamides is 1. The Morgan fingerprint density at radius 2 is 1.57 bits per heavy atom. The summed E-state index contributed by atoms with van der Waals surface area (Å²) in [6.45, 7) is -0.251. The highest BCUT2D eigenvalue weighted by atomic mass is 32.2. The molecule has 6 N–H and O–H groups in total. The zero-order valence-corrected chi connectivity index (χ0v) is 12.2. The van der Waals surface area contributed by atoms with Gasteiger partial charge in [-0.1, -0.05) is 6.07 Å². The van der Waals surface area contributed by atoms with Crippen LogP contribution >= 0.6 is 0 Å². The number of rotatable bonds is 8. The second-order valence-electron chi connectivity index (χ2n) is 4.41. The van der Waals surface area contributed by atoms with Crippen LogP contribution in [0.1, 0.15) is 12.8 Å². The maximum atomic E-state index is 12.5. The Bertz CT molecular complexity index is 612. The van der Waals surface area contributed by atoms with E-state index in [1.165, 1.54) is 18.2 Å². The summed E-state index contributed by atoms with van der Waals surface area (Å²) < 4.78 is 25.9. The van der Waals surface area contributed by atoms with Crippen LogP contribution in [0.5, 0.6) is 0 Å². The number of nitrogens with two attached hydrogens (primary N) is 3. The molecule has 0 radical (unpaired) electrons. The van der Waals surface area contributed by atoms with Crippen molar-refractivity contribution in [2.45, 2.75) is 17.7 Å². The molecular weight excluding hydrogens is 296 g/mol. The van der Waals surface area contributed by atoms with Gasteiger partial charge in [0.15, 0.2) is 0 Å². The second-order valence-corrected chi connectivity index (χ2v) is 6.35. The smallest absolute Gasteiger partial charge is 0.243 e. The van der Waals surface area contributed by atoms with Crippen LogP contribution in [0.4, 0.5) is 5.69 Å². The maximum Gasteiger partial charge on any atom is 0.243 e. The van der Waals surface area contributed by atoms with Gasteiger partial charge in [0.1, 0.15) is 0 Å². The van der Waals surface area contributed by atoms with E-state index in [1.54, 1.807) is 6.07 Å². The molecule has 1 aromatic carbocycles. The second kappa shape index (κ2) is 7.04. The molecule has 0 bridgehead atoms. The van der Waals surface area contributed by atoms with E-state index in [4.69, 9.17) is 17.2 Å². The number of carbonyl (C=O) groups excluding carboxylic acids is 2. The molecule has 2 amide bonds. The molecule has 0 heterocycles. The quantitative estimate of drug-likeness (QED) is 0.526. The van der Waals surface area contributed by atoms with Crippen LogP contribution in [-0.4, -0.2) is 37.6 Å². The highest BCUT2D eigenvalue weighted by Gasteiger charge is 2.25. The Morgan fingerprint density at radius 3 is 2.00 bits per heavy atom. The Kier molecular flexibility index (Phi) is 5.68. The lowest BCUT2D eigenvalue weighted by molar-refractivity contribution is -0.118. The Labute approximate surface area is 122 Å². The zero-order chi connectivity index (χ0) is 16.0. The summed E-state index contributed by atoms with van der Waals surface area (Å²) in [6, 6.07) is 5.74. The van der Waals surface area contributed by atoms with Gasteiger partial charge in [-0.2, -0.15) is 4.31 Å². The maximum absolute atomic E-state index is 12.5. The molecule has 0 fully saturated rings. The number of carbonyl (C=O) groups is 2. The lowest BCUT2D eigenvalue weighted by Gasteiger charge is -2.21. The molecule has 0 aromatic heterocycles. The van der Waals surface area contributed by atoms with Crippen molar-refractivity contribution in [3.8, 4) is 0 Å². The van der Waals surface area contributed by atoms with Gasteiger partial charge in [0.2, 0.25) is 21.8 Å². The minimum absolute atomic E-state index is 0.0172. The number of primary amides is 2. The number of nitrogens with zero attached hydrogens (tertiary/aromatic N) is 1. The van der Waals surface area contributed by atoms with Gasteiger partial charge in [-0.05, 0) is 18.2 Å². The Balaban J connectivity index is 3.03. The zero-order valence-electron chi connectivity index (χ0n) is 11.4. The number of nitrogen functional groups attached to an aromatic ring is 1. The molecule has 0 saturated heterocycles. The average Bonchev–Trinajstić information content (AvgIpc) is 2.37. The van der Waals surface area contributed by atoms with Gasteiger partial charge < -0.3 is 17.2 Å². The summed E-state index contributed by atoms with van der Waals surface area (Å²) in [6.07, 6.45) is -0.305. The molecule has 1 aromatic rings. The number of hydrogen-bond donors (Lipinski definition) is 3. The van der Waals surface area contributed by atoms with Crippen LogP contribution in [0.25, 0.3) is 0 Å². The van der Waals surface area contributed by atoms with Gasteiger partial charge in [-0.25, -0.2) is 8.42 Å². The monoisotopic (exact) mass is 314 g/mol. The number of anilines is 1. The van der Waals surface area contributed by atoms with Crippen molar-refractivity contribution in [3.05, 3.63) is 24.3 Å². The van der Waals surface area contributed by atoms with Crippen molar-refractivity contribution < 1.29 is 18.0 Å². The molecular formula is C12H18N4O4S. The molecule has 116 valence electrons. The van der Waals surface area contributed by atoms with E-state index in [1.807, 2.05) is 0 Å². The first-order valence-electron chi connectivity index (χ1n) is 6.16. The third kappa shape index (κ3) is 5.04. The van der Waals surface area contributed by atoms with E-state index in [9.17, 15) is 18.0 Å². The summed E-state index contributed by atoms with van der Waals surface area (Å²) in [5.41, 5.74) is 15.9. The molecule has 8 nitrogen and oxygen atoms in total. The van der Waals surface area contributed by atoms with E-state index >= 15 is 0 Å². The molecule has 0 aliphatic heterocycles. The molecule has 0 spiro atoms. The Morgan fingerprint density at radius 1 is 1.05 bits per heavy atom. The predicted octanol–water partition coefficient (Wildman–Crippen LogP) is -0.990. The van der Waals surface area contributed by atoms with Crippen molar-refractivity contribution in [3.63, 3.8) is 0 Å². The summed E-state index contributed by atoms with van der Waals surface area (Å²) in [5.74, 6) is -1.27. The molecule has 0 saturated carbocycles. The van der Waals surface area contributed by atoms with E-state index in [0.717, 1.165) is 4.31 Å². The topological polar surface area (TPSA) is 150 Å². The third-order valence-electron chi connectivity index (χ3n) is 2.71. The molecule has 9 heteroatoms. The summed E-state index contributed by atoms with van der Waals surface area (Å²) in [5, 5.41) is 0. The van der Waals surface area contributed by atoms with Gasteiger partial charge in [0.05, 0.1) is 4.90 Å². The van der Waals surface area contributed by atoms with Crippen molar-refractivity contribution >= 4 is 27.5 Å². The normalized spacial score (nSPS) is 11.5. The number of hydrogen-bond acceptors (Lipinski definition) is 5. The van der Waals surface area contributed by atoms with Gasteiger partial charge in [-0.15, -0.1) is 0 Å². The number of benzene rings is 1. The minimum Gasteiger partial charge on any atom is -0.399 e. The van der Waals surface area contributed by atoms with E-state index in [2.05, 4.69) is 0 Å². The first-order chi connectivity index (χ1) is 9.73. The van der Waals surface area contributed by atoms with E-state index in [-0.39, 0.29) is 30.8 Å². The van der Waals surface area contributed by atoms with Gasteiger partial charge in [0.25, 0.3) is 0 Å². The fourth-order valence-corrected chi connectivity index (χ4v) is 3.14. The molecule has 0 aliphatic rings. The Hall–Kier alpha value is -2.13. The van der Waals surface area contributed by atoms with Crippen molar-refractivity contribution in [2.75, 3.05) is 18.8 Å². The summed E-state index contributed by atoms with van der Waals surface area (Å²) in [7, 11) is -3.88. The molecule has 0 aliphatic carbocycles. The summed E-state index contributed by atoms with van der Waals surface area (Å²) in [4.78, 5) is 21.7. The van der Waals surface area contributed by atoms with E-state index < -0.39 is 21.8 Å². The molecule has 0 unspecified atom stereocenters. The van der Waals surface area contributed by atoms with Crippen LogP contribution in [0.15, 0.2) is 29.2 Å². The standard InChI is InChI=1S/C12H18N4O4S/c13-9-2-1-3-10(8-9)21(19,20)16(6-4-11(14)17)7-5-12(15)18/h1-3,8H,4-7,13H2,(H2,14,17)(H2,15,18). The van der Waals surface area contributed by atoms with Crippen molar-refractivity contribution in [2.24, 2.45) is 11.5 Å². The largest absolute Gasteiger partial charge is 0.399 e.